The molecule has 0 aliphatic carbocycles. The van der Waals surface area contributed by atoms with Crippen LogP contribution in [0.3, 0.4) is 0 Å². The molecule has 0 aromatic rings. The van der Waals surface area contributed by atoms with Gasteiger partial charge < -0.3 is 4.90 Å². The number of piperidine rings is 1. The second-order valence-corrected chi connectivity index (χ2v) is 5.68. The van der Waals surface area contributed by atoms with Crippen LogP contribution in [0.5, 0.6) is 0 Å². The molecule has 1 aliphatic rings. The van der Waals surface area contributed by atoms with Crippen LogP contribution in [0.25, 0.3) is 0 Å². The fraction of sp³-hybridized carbons (Fsp3) is 0.917. The van der Waals surface area contributed by atoms with Crippen molar-refractivity contribution in [2.75, 3.05) is 25.9 Å². The van der Waals surface area contributed by atoms with Gasteiger partial charge in [-0.3, -0.25) is 4.79 Å². The minimum atomic E-state index is 0.403. The number of rotatable bonds is 5. The lowest BCUT2D eigenvalue weighted by atomic mass is 9.99. The number of hydrogen-bond donors (Lipinski definition) is 0. The summed E-state index contributed by atoms with van der Waals surface area (Å²) in [6, 6.07) is 0. The Labute approximate surface area is 97.8 Å². The van der Waals surface area contributed by atoms with Crippen molar-refractivity contribution < 1.29 is 4.79 Å². The highest BCUT2D eigenvalue weighted by molar-refractivity contribution is 8.00. The first-order chi connectivity index (χ1) is 7.15. The molecule has 0 atom stereocenters. The van der Waals surface area contributed by atoms with Crippen LogP contribution in [0, 0.1) is 0 Å². The number of Topliss-reactive ketones (excluding diaryl/α,β-unsaturated/α-hetero) is 1. The lowest BCUT2D eigenvalue weighted by molar-refractivity contribution is -0.121. The van der Waals surface area contributed by atoms with Gasteiger partial charge in [-0.05, 0) is 19.1 Å². The van der Waals surface area contributed by atoms with E-state index >= 15 is 0 Å². The van der Waals surface area contributed by atoms with Gasteiger partial charge in [0.25, 0.3) is 0 Å². The first-order valence-corrected chi connectivity index (χ1v) is 7.17. The van der Waals surface area contributed by atoms with E-state index < -0.39 is 0 Å². The summed E-state index contributed by atoms with van der Waals surface area (Å²) in [5, 5.41) is 0. The fourth-order valence-corrected chi connectivity index (χ4v) is 3.08. The van der Waals surface area contributed by atoms with E-state index in [2.05, 4.69) is 25.0 Å². The Balaban J connectivity index is 2.48. The van der Waals surface area contributed by atoms with E-state index in [1.54, 1.807) is 0 Å². The predicted octanol–water partition coefficient (Wildman–Crippen LogP) is 2.57. The Kier molecular flexibility index (Phi) is 5.13. The smallest absolute Gasteiger partial charge is 0.135 e. The molecule has 3 heteroatoms. The van der Waals surface area contributed by atoms with Crippen LogP contribution >= 0.6 is 11.8 Å². The van der Waals surface area contributed by atoms with E-state index in [0.29, 0.717) is 10.5 Å². The van der Waals surface area contributed by atoms with Gasteiger partial charge in [0.05, 0.1) is 0 Å². The van der Waals surface area contributed by atoms with Crippen molar-refractivity contribution in [1.82, 2.24) is 4.90 Å². The Bertz CT molecular complexity index is 195. The number of nitrogens with zero attached hydrogens (tertiary/aromatic N) is 1. The van der Waals surface area contributed by atoms with E-state index in [4.69, 9.17) is 0 Å². The van der Waals surface area contributed by atoms with Crippen molar-refractivity contribution in [2.45, 2.75) is 44.3 Å². The molecule has 0 aromatic heterocycles. The van der Waals surface area contributed by atoms with Gasteiger partial charge in [-0.25, -0.2) is 0 Å². The maximum atomic E-state index is 11.2. The van der Waals surface area contributed by atoms with Crippen molar-refractivity contribution in [3.8, 4) is 0 Å². The summed E-state index contributed by atoms with van der Waals surface area (Å²) < 4.78 is 0.403. The molecular weight excluding hydrogens is 206 g/mol. The Hall–Kier alpha value is -0.0200. The highest BCUT2D eigenvalue weighted by Crippen LogP contribution is 2.31. The first kappa shape index (κ1) is 13.0. The van der Waals surface area contributed by atoms with Gasteiger partial charge in [-0.2, -0.15) is 11.8 Å². The van der Waals surface area contributed by atoms with Crippen LogP contribution in [-0.4, -0.2) is 41.3 Å². The lowest BCUT2D eigenvalue weighted by Gasteiger charge is -2.37. The molecule has 1 fully saturated rings. The monoisotopic (exact) mass is 229 g/mol. The molecule has 1 rings (SSSR count). The molecule has 1 aliphatic heterocycles. The van der Waals surface area contributed by atoms with Gasteiger partial charge in [0.15, 0.2) is 0 Å². The minimum absolute atomic E-state index is 0.403. The first-order valence-electron chi connectivity index (χ1n) is 5.95. The maximum absolute atomic E-state index is 11.2. The van der Waals surface area contributed by atoms with E-state index in [9.17, 15) is 4.79 Å². The largest absolute Gasteiger partial charge is 0.301 e. The molecule has 0 unspecified atom stereocenters. The summed E-state index contributed by atoms with van der Waals surface area (Å²) in [4.78, 5) is 13.6. The third kappa shape index (κ3) is 3.49. The van der Waals surface area contributed by atoms with E-state index in [1.165, 1.54) is 12.8 Å². The van der Waals surface area contributed by atoms with Crippen LogP contribution in [0.15, 0.2) is 0 Å². The molecule has 0 saturated carbocycles. The Morgan fingerprint density at radius 1 is 1.27 bits per heavy atom. The van der Waals surface area contributed by atoms with Crippen LogP contribution in [0.2, 0.25) is 0 Å². The number of likely N-dealkylation sites (tertiary alicyclic amines) is 1. The Morgan fingerprint density at radius 2 is 1.80 bits per heavy atom. The zero-order valence-electron chi connectivity index (χ0n) is 10.2. The van der Waals surface area contributed by atoms with E-state index in [-0.39, 0.29) is 0 Å². The zero-order chi connectivity index (χ0) is 11.3. The van der Waals surface area contributed by atoms with Crippen LogP contribution in [0.4, 0.5) is 0 Å². The van der Waals surface area contributed by atoms with Gasteiger partial charge in [-0.15, -0.1) is 0 Å². The summed E-state index contributed by atoms with van der Waals surface area (Å²) >= 11 is 1.99. The van der Waals surface area contributed by atoms with E-state index in [0.717, 1.165) is 32.5 Å². The predicted molar refractivity (Wildman–Crippen MR) is 67.5 cm³/mol. The molecule has 88 valence electrons. The molecule has 0 radical (unpaired) electrons. The molecule has 0 amide bonds. The van der Waals surface area contributed by atoms with E-state index in [1.807, 2.05) is 11.8 Å². The molecule has 0 bridgehead atoms. The minimum Gasteiger partial charge on any atom is -0.301 e. The third-order valence-electron chi connectivity index (χ3n) is 3.65. The second-order valence-electron chi connectivity index (χ2n) is 4.41. The number of hydrogen-bond acceptors (Lipinski definition) is 3. The van der Waals surface area contributed by atoms with Crippen molar-refractivity contribution in [3.63, 3.8) is 0 Å². The summed E-state index contributed by atoms with van der Waals surface area (Å²) in [6.07, 6.45) is 6.17. The molecule has 0 N–H and O–H groups in total. The average Bonchev–Trinajstić information content (AvgIpc) is 2.29. The second kappa shape index (κ2) is 5.90. The average molecular weight is 229 g/mol. The third-order valence-corrected chi connectivity index (χ3v) is 5.22. The molecule has 0 spiro atoms. The highest BCUT2D eigenvalue weighted by Gasteiger charge is 2.29. The van der Waals surface area contributed by atoms with Crippen molar-refractivity contribution in [2.24, 2.45) is 0 Å². The molecule has 0 aromatic carbocycles. The quantitative estimate of drug-likeness (QED) is 0.722. The summed E-state index contributed by atoms with van der Waals surface area (Å²) in [7, 11) is 0. The van der Waals surface area contributed by atoms with Gasteiger partial charge >= 0.3 is 0 Å². The molecule has 2 nitrogen and oxygen atoms in total. The molecule has 15 heavy (non-hydrogen) atoms. The topological polar surface area (TPSA) is 20.3 Å². The molecule has 1 saturated heterocycles. The van der Waals surface area contributed by atoms with Gasteiger partial charge in [-0.1, -0.05) is 13.8 Å². The van der Waals surface area contributed by atoms with Crippen LogP contribution in [0.1, 0.15) is 39.5 Å². The highest BCUT2D eigenvalue weighted by atomic mass is 32.2. The maximum Gasteiger partial charge on any atom is 0.135 e. The van der Waals surface area contributed by atoms with Gasteiger partial charge in [0.2, 0.25) is 0 Å². The standard InChI is InChI=1S/C12H23NOS/c1-4-12(5-2,15-3)10-13-8-6-11(14)7-9-13/h4-10H2,1-3H3. The summed E-state index contributed by atoms with van der Waals surface area (Å²) in [5.74, 6) is 0.439. The number of carbonyl (C=O) groups excluding carboxylic acids is 1. The normalized spacial score (nSPS) is 19.5. The van der Waals surface area contributed by atoms with Gasteiger partial charge in [0, 0.05) is 37.2 Å². The SMILES string of the molecule is CCC(CC)(CN1CCC(=O)CC1)SC. The van der Waals surface area contributed by atoms with Crippen molar-refractivity contribution in [3.05, 3.63) is 0 Å². The van der Waals surface area contributed by atoms with Crippen LogP contribution < -0.4 is 0 Å². The fourth-order valence-electron chi connectivity index (χ4n) is 2.19. The number of ketones is 1. The van der Waals surface area contributed by atoms with Crippen molar-refractivity contribution in [1.29, 1.82) is 0 Å². The zero-order valence-corrected chi connectivity index (χ0v) is 11.0. The molecule has 1 heterocycles. The van der Waals surface area contributed by atoms with Gasteiger partial charge in [0.1, 0.15) is 5.78 Å². The van der Waals surface area contributed by atoms with Crippen LogP contribution in [-0.2, 0) is 4.79 Å². The van der Waals surface area contributed by atoms with Crippen molar-refractivity contribution >= 4 is 17.5 Å². The number of thioether (sulfide) groups is 1. The molecular formula is C12H23NOS. The number of carbonyl (C=O) groups is 1. The Morgan fingerprint density at radius 3 is 2.20 bits per heavy atom. The lowest BCUT2D eigenvalue weighted by Crippen LogP contribution is -2.43. The summed E-state index contributed by atoms with van der Waals surface area (Å²) in [6.45, 7) is 7.64. The summed E-state index contributed by atoms with van der Waals surface area (Å²) in [5.41, 5.74) is 0.